The number of hydrogen-bond acceptors (Lipinski definition) is 5. The Morgan fingerprint density at radius 1 is 1.36 bits per heavy atom. The van der Waals surface area contributed by atoms with E-state index < -0.39 is 0 Å². The second-order valence-electron chi connectivity index (χ2n) is 5.49. The van der Waals surface area contributed by atoms with Crippen LogP contribution in [0, 0.1) is 11.3 Å². The predicted octanol–water partition coefficient (Wildman–Crippen LogP) is 3.38. The summed E-state index contributed by atoms with van der Waals surface area (Å²) in [6, 6.07) is 13.0. The molecule has 0 bridgehead atoms. The van der Waals surface area contributed by atoms with Crippen LogP contribution in [0.2, 0.25) is 5.15 Å². The minimum Gasteiger partial charge on any atom is -0.343 e. The lowest BCUT2D eigenvalue weighted by molar-refractivity contribution is 0.221. The van der Waals surface area contributed by atoms with E-state index in [1.54, 1.807) is 0 Å². The van der Waals surface area contributed by atoms with Gasteiger partial charge in [-0.3, -0.25) is 4.90 Å². The monoisotopic (exact) mass is 332 g/mol. The zero-order valence-corrected chi connectivity index (χ0v) is 13.9. The Kier molecular flexibility index (Phi) is 4.63. The molecule has 22 heavy (non-hydrogen) atoms. The van der Waals surface area contributed by atoms with E-state index in [0.717, 1.165) is 31.3 Å². The zero-order valence-electron chi connectivity index (χ0n) is 12.4. The van der Waals surface area contributed by atoms with Crippen molar-refractivity contribution in [3.05, 3.63) is 45.9 Å². The van der Waals surface area contributed by atoms with Gasteiger partial charge < -0.3 is 4.90 Å². The van der Waals surface area contributed by atoms with Crippen molar-refractivity contribution < 1.29 is 0 Å². The number of piperazine rings is 1. The number of rotatable bonds is 3. The van der Waals surface area contributed by atoms with E-state index in [4.69, 9.17) is 16.9 Å². The molecule has 1 saturated heterocycles. The molecular weight excluding hydrogens is 316 g/mol. The third-order valence-electron chi connectivity index (χ3n) is 3.88. The number of thiazole rings is 1. The van der Waals surface area contributed by atoms with E-state index in [0.29, 0.717) is 16.1 Å². The first-order valence-corrected chi connectivity index (χ1v) is 8.46. The van der Waals surface area contributed by atoms with Gasteiger partial charge in [0.05, 0.1) is 0 Å². The molecule has 1 unspecified atom stereocenters. The largest absolute Gasteiger partial charge is 0.343 e. The van der Waals surface area contributed by atoms with Gasteiger partial charge in [0.15, 0.2) is 10.3 Å². The molecule has 1 atom stereocenters. The summed E-state index contributed by atoms with van der Waals surface area (Å²) in [6.45, 7) is 6.04. The van der Waals surface area contributed by atoms with Crippen molar-refractivity contribution in [2.75, 3.05) is 24.5 Å². The lowest BCUT2D eigenvalue weighted by Gasteiger charge is -2.39. The van der Waals surface area contributed by atoms with Gasteiger partial charge in [-0.25, -0.2) is 4.98 Å². The molecule has 114 valence electrons. The fourth-order valence-electron chi connectivity index (χ4n) is 2.79. The maximum absolute atomic E-state index is 9.01. The summed E-state index contributed by atoms with van der Waals surface area (Å²) in [6.07, 6.45) is 0. The number of hydrogen-bond donors (Lipinski definition) is 0. The molecule has 2 aromatic rings. The van der Waals surface area contributed by atoms with Crippen molar-refractivity contribution >= 4 is 28.1 Å². The third kappa shape index (κ3) is 3.25. The molecule has 1 fully saturated rings. The molecule has 1 aliphatic rings. The summed E-state index contributed by atoms with van der Waals surface area (Å²) in [5.41, 5.74) is 1.34. The topological polar surface area (TPSA) is 43.2 Å². The lowest BCUT2D eigenvalue weighted by atomic mass is 10.1. The standard InChI is InChI=1S/C16H17ClN4S/c1-12-10-20(11-13-5-3-2-4-6-13)7-8-21(12)16-19-15(17)14(9-18)22-16/h2-6,12H,7-8,10-11H2,1H3. The predicted molar refractivity (Wildman–Crippen MR) is 90.4 cm³/mol. The van der Waals surface area contributed by atoms with E-state index in [1.165, 1.54) is 16.9 Å². The van der Waals surface area contributed by atoms with Gasteiger partial charge in [0, 0.05) is 32.2 Å². The minimum absolute atomic E-state index is 0.321. The number of nitrogens with zero attached hydrogens (tertiary/aromatic N) is 4. The van der Waals surface area contributed by atoms with Gasteiger partial charge >= 0.3 is 0 Å². The third-order valence-corrected chi connectivity index (χ3v) is 5.27. The summed E-state index contributed by atoms with van der Waals surface area (Å²) in [4.78, 5) is 9.53. The highest BCUT2D eigenvalue weighted by molar-refractivity contribution is 7.16. The fourth-order valence-corrected chi connectivity index (χ4v) is 3.96. The van der Waals surface area contributed by atoms with E-state index in [1.807, 2.05) is 6.07 Å². The molecule has 0 saturated carbocycles. The van der Waals surface area contributed by atoms with Crippen LogP contribution in [-0.4, -0.2) is 35.6 Å². The summed E-state index contributed by atoms with van der Waals surface area (Å²) < 4.78 is 0. The first kappa shape index (κ1) is 15.3. The van der Waals surface area contributed by atoms with Crippen molar-refractivity contribution in [1.29, 1.82) is 5.26 Å². The van der Waals surface area contributed by atoms with E-state index in [2.05, 4.69) is 52.0 Å². The minimum atomic E-state index is 0.321. The molecule has 1 aromatic carbocycles. The van der Waals surface area contributed by atoms with Gasteiger partial charge in [0.25, 0.3) is 0 Å². The van der Waals surface area contributed by atoms with Gasteiger partial charge in [-0.2, -0.15) is 5.26 Å². The van der Waals surface area contributed by atoms with Crippen LogP contribution in [0.15, 0.2) is 30.3 Å². The molecule has 0 aliphatic carbocycles. The Hall–Kier alpha value is -1.61. The number of halogens is 1. The normalized spacial score (nSPS) is 19.1. The maximum Gasteiger partial charge on any atom is 0.188 e. The molecular formula is C16H17ClN4S. The van der Waals surface area contributed by atoms with Crippen molar-refractivity contribution in [1.82, 2.24) is 9.88 Å². The summed E-state index contributed by atoms with van der Waals surface area (Å²) >= 11 is 7.37. The zero-order chi connectivity index (χ0) is 15.5. The second-order valence-corrected chi connectivity index (χ2v) is 6.83. The first-order chi connectivity index (χ1) is 10.7. The van der Waals surface area contributed by atoms with Gasteiger partial charge in [0.1, 0.15) is 10.9 Å². The van der Waals surface area contributed by atoms with Crippen LogP contribution in [0.4, 0.5) is 5.13 Å². The van der Waals surface area contributed by atoms with Crippen LogP contribution < -0.4 is 4.90 Å². The molecule has 0 spiro atoms. The molecule has 6 heteroatoms. The number of nitriles is 1. The highest BCUT2D eigenvalue weighted by Gasteiger charge is 2.26. The van der Waals surface area contributed by atoms with Gasteiger partial charge in [-0.1, -0.05) is 53.3 Å². The second kappa shape index (κ2) is 6.66. The molecule has 0 amide bonds. The van der Waals surface area contributed by atoms with E-state index in [-0.39, 0.29) is 0 Å². The summed E-state index contributed by atoms with van der Waals surface area (Å²) in [5.74, 6) is 0. The number of aromatic nitrogens is 1. The van der Waals surface area contributed by atoms with Crippen LogP contribution >= 0.6 is 22.9 Å². The van der Waals surface area contributed by atoms with Gasteiger partial charge in [-0.15, -0.1) is 0 Å². The van der Waals surface area contributed by atoms with Crippen molar-refractivity contribution in [3.63, 3.8) is 0 Å². The quantitative estimate of drug-likeness (QED) is 0.864. The average molecular weight is 333 g/mol. The van der Waals surface area contributed by atoms with Gasteiger partial charge in [-0.05, 0) is 12.5 Å². The molecule has 0 radical (unpaired) electrons. The van der Waals surface area contributed by atoms with Crippen LogP contribution in [-0.2, 0) is 6.54 Å². The molecule has 1 aromatic heterocycles. The molecule has 1 aliphatic heterocycles. The lowest BCUT2D eigenvalue weighted by Crippen LogP contribution is -2.51. The highest BCUT2D eigenvalue weighted by atomic mass is 35.5. The SMILES string of the molecule is CC1CN(Cc2ccccc2)CCN1c1nc(Cl)c(C#N)s1. The Morgan fingerprint density at radius 3 is 2.77 bits per heavy atom. The average Bonchev–Trinajstić information content (AvgIpc) is 2.89. The molecule has 3 rings (SSSR count). The van der Waals surface area contributed by atoms with Crippen molar-refractivity contribution in [3.8, 4) is 6.07 Å². The Labute approximate surface area is 139 Å². The van der Waals surface area contributed by atoms with E-state index >= 15 is 0 Å². The number of anilines is 1. The van der Waals surface area contributed by atoms with Crippen molar-refractivity contribution in [2.24, 2.45) is 0 Å². The Bertz CT molecular complexity index is 679. The molecule has 4 nitrogen and oxygen atoms in total. The van der Waals surface area contributed by atoms with Crippen molar-refractivity contribution in [2.45, 2.75) is 19.5 Å². The Balaban J connectivity index is 1.66. The van der Waals surface area contributed by atoms with Crippen LogP contribution in [0.25, 0.3) is 0 Å². The van der Waals surface area contributed by atoms with Gasteiger partial charge in [0.2, 0.25) is 0 Å². The maximum atomic E-state index is 9.01. The molecule has 0 N–H and O–H groups in total. The fraction of sp³-hybridized carbons (Fsp3) is 0.375. The van der Waals surface area contributed by atoms with Crippen LogP contribution in [0.5, 0.6) is 0 Å². The summed E-state index contributed by atoms with van der Waals surface area (Å²) in [7, 11) is 0. The number of benzene rings is 1. The smallest absolute Gasteiger partial charge is 0.188 e. The Morgan fingerprint density at radius 2 is 2.14 bits per heavy atom. The first-order valence-electron chi connectivity index (χ1n) is 7.26. The highest BCUT2D eigenvalue weighted by Crippen LogP contribution is 2.31. The molecule has 2 heterocycles. The van der Waals surface area contributed by atoms with Crippen LogP contribution in [0.1, 0.15) is 17.4 Å². The summed E-state index contributed by atoms with van der Waals surface area (Å²) in [5, 5.41) is 10.2. The van der Waals surface area contributed by atoms with Crippen LogP contribution in [0.3, 0.4) is 0 Å². The van der Waals surface area contributed by atoms with E-state index in [9.17, 15) is 0 Å².